The topological polar surface area (TPSA) is 66.2 Å². The summed E-state index contributed by atoms with van der Waals surface area (Å²) >= 11 is 7.27. The molecule has 1 aromatic rings. The quantitative estimate of drug-likeness (QED) is 0.608. The summed E-state index contributed by atoms with van der Waals surface area (Å²) in [5.41, 5.74) is 0.550. The number of aliphatic hydroxyl groups is 2. The predicted molar refractivity (Wildman–Crippen MR) is 59.9 cm³/mol. The normalized spacial score (nSPS) is 12.8. The van der Waals surface area contributed by atoms with E-state index in [1.54, 1.807) is 0 Å². The van der Waals surface area contributed by atoms with Crippen LogP contribution in [0.5, 0.6) is 0 Å². The predicted octanol–water partition coefficient (Wildman–Crippen LogP) is 1.34. The van der Waals surface area contributed by atoms with Gasteiger partial charge in [-0.15, -0.1) is 11.8 Å². The third-order valence-electron chi connectivity index (χ3n) is 1.83. The summed E-state index contributed by atoms with van der Waals surface area (Å²) in [6.07, 6.45) is 1.37. The van der Waals surface area contributed by atoms with Crippen LogP contribution in [0.1, 0.15) is 12.5 Å². The SMILES string of the molecule is CC(CO)CSc1ncnc(Cl)c1CO. The molecule has 0 bridgehead atoms. The van der Waals surface area contributed by atoms with Crippen LogP contribution >= 0.6 is 23.4 Å². The highest BCUT2D eigenvalue weighted by Crippen LogP contribution is 2.26. The Morgan fingerprint density at radius 2 is 2.20 bits per heavy atom. The first-order chi connectivity index (χ1) is 7.19. The van der Waals surface area contributed by atoms with Gasteiger partial charge in [-0.1, -0.05) is 18.5 Å². The molecule has 0 aliphatic carbocycles. The van der Waals surface area contributed by atoms with Crippen molar-refractivity contribution >= 4 is 23.4 Å². The number of rotatable bonds is 5. The molecule has 0 radical (unpaired) electrons. The largest absolute Gasteiger partial charge is 0.396 e. The summed E-state index contributed by atoms with van der Waals surface area (Å²) in [6.45, 7) is 1.91. The van der Waals surface area contributed by atoms with Crippen molar-refractivity contribution in [3.63, 3.8) is 0 Å². The van der Waals surface area contributed by atoms with Crippen LogP contribution in [0.2, 0.25) is 5.15 Å². The summed E-state index contributed by atoms with van der Waals surface area (Å²) in [4.78, 5) is 7.83. The summed E-state index contributed by atoms with van der Waals surface area (Å²) in [7, 11) is 0. The molecule has 0 amide bonds. The van der Waals surface area contributed by atoms with E-state index in [1.807, 2.05) is 6.92 Å². The van der Waals surface area contributed by atoms with Crippen LogP contribution in [0.3, 0.4) is 0 Å². The monoisotopic (exact) mass is 248 g/mol. The minimum Gasteiger partial charge on any atom is -0.396 e. The van der Waals surface area contributed by atoms with Crippen LogP contribution in [0.25, 0.3) is 0 Å². The van der Waals surface area contributed by atoms with E-state index >= 15 is 0 Å². The van der Waals surface area contributed by atoms with Crippen LogP contribution < -0.4 is 0 Å². The van der Waals surface area contributed by atoms with Gasteiger partial charge in [0, 0.05) is 17.9 Å². The zero-order valence-corrected chi connectivity index (χ0v) is 9.92. The van der Waals surface area contributed by atoms with Gasteiger partial charge in [-0.05, 0) is 5.92 Å². The van der Waals surface area contributed by atoms with Crippen molar-refractivity contribution in [2.24, 2.45) is 5.92 Å². The molecule has 0 saturated carbocycles. The second kappa shape index (κ2) is 6.27. The second-order valence-electron chi connectivity index (χ2n) is 3.21. The molecule has 0 saturated heterocycles. The van der Waals surface area contributed by atoms with Crippen molar-refractivity contribution in [1.29, 1.82) is 0 Å². The van der Waals surface area contributed by atoms with Crippen LogP contribution in [0, 0.1) is 5.92 Å². The Morgan fingerprint density at radius 3 is 2.80 bits per heavy atom. The fourth-order valence-electron chi connectivity index (χ4n) is 0.907. The van der Waals surface area contributed by atoms with Gasteiger partial charge in [0.1, 0.15) is 16.5 Å². The Bertz CT molecular complexity index is 325. The first kappa shape index (κ1) is 12.7. The summed E-state index contributed by atoms with van der Waals surface area (Å²) in [6, 6.07) is 0. The fraction of sp³-hybridized carbons (Fsp3) is 0.556. The number of hydrogen-bond donors (Lipinski definition) is 2. The van der Waals surface area contributed by atoms with Crippen molar-refractivity contribution in [3.05, 3.63) is 17.0 Å². The van der Waals surface area contributed by atoms with E-state index in [4.69, 9.17) is 21.8 Å². The maximum atomic E-state index is 9.09. The van der Waals surface area contributed by atoms with Crippen LogP contribution in [-0.2, 0) is 6.61 Å². The van der Waals surface area contributed by atoms with Gasteiger partial charge in [0.25, 0.3) is 0 Å². The number of nitrogens with zero attached hydrogens (tertiary/aromatic N) is 2. The lowest BCUT2D eigenvalue weighted by Crippen LogP contribution is -2.04. The minimum absolute atomic E-state index is 0.139. The molecular weight excluding hydrogens is 236 g/mol. The molecule has 0 aliphatic heterocycles. The molecule has 6 heteroatoms. The smallest absolute Gasteiger partial charge is 0.139 e. The average Bonchev–Trinajstić information content (AvgIpc) is 2.25. The highest BCUT2D eigenvalue weighted by Gasteiger charge is 2.10. The fourth-order valence-corrected chi connectivity index (χ4v) is 2.16. The maximum absolute atomic E-state index is 9.09. The van der Waals surface area contributed by atoms with Crippen molar-refractivity contribution < 1.29 is 10.2 Å². The van der Waals surface area contributed by atoms with Crippen molar-refractivity contribution in [1.82, 2.24) is 9.97 Å². The molecule has 1 heterocycles. The lowest BCUT2D eigenvalue weighted by atomic mass is 10.2. The molecule has 0 fully saturated rings. The van der Waals surface area contributed by atoms with Crippen molar-refractivity contribution in [3.8, 4) is 0 Å². The lowest BCUT2D eigenvalue weighted by Gasteiger charge is -2.09. The summed E-state index contributed by atoms with van der Waals surface area (Å²) in [5.74, 6) is 0.923. The summed E-state index contributed by atoms with van der Waals surface area (Å²) < 4.78 is 0. The van der Waals surface area contributed by atoms with Gasteiger partial charge in [-0.25, -0.2) is 9.97 Å². The molecule has 0 aromatic carbocycles. The van der Waals surface area contributed by atoms with Crippen LogP contribution in [0.15, 0.2) is 11.4 Å². The van der Waals surface area contributed by atoms with Crippen molar-refractivity contribution in [2.45, 2.75) is 18.6 Å². The number of thioether (sulfide) groups is 1. The Kier molecular flexibility index (Phi) is 5.31. The molecule has 1 aromatic heterocycles. The molecule has 15 heavy (non-hydrogen) atoms. The van der Waals surface area contributed by atoms with E-state index in [2.05, 4.69) is 9.97 Å². The highest BCUT2D eigenvalue weighted by molar-refractivity contribution is 7.99. The molecule has 1 rings (SSSR count). The molecule has 84 valence electrons. The number of aliphatic hydroxyl groups excluding tert-OH is 2. The molecule has 1 unspecified atom stereocenters. The Morgan fingerprint density at radius 1 is 1.47 bits per heavy atom. The van der Waals surface area contributed by atoms with E-state index in [9.17, 15) is 0 Å². The zero-order chi connectivity index (χ0) is 11.3. The lowest BCUT2D eigenvalue weighted by molar-refractivity contribution is 0.250. The van der Waals surface area contributed by atoms with E-state index in [-0.39, 0.29) is 24.3 Å². The standard InChI is InChI=1S/C9H13ClN2O2S/c1-6(2-13)4-15-9-7(3-14)8(10)11-5-12-9/h5-6,13-14H,2-4H2,1H3. The van der Waals surface area contributed by atoms with E-state index in [1.165, 1.54) is 18.1 Å². The first-order valence-electron chi connectivity index (χ1n) is 4.53. The molecule has 4 nitrogen and oxygen atoms in total. The van der Waals surface area contributed by atoms with E-state index in [0.29, 0.717) is 10.6 Å². The Labute approximate surface area is 97.7 Å². The van der Waals surface area contributed by atoms with Gasteiger partial charge in [0.05, 0.1) is 6.61 Å². The third kappa shape index (κ3) is 3.61. The van der Waals surface area contributed by atoms with Gasteiger partial charge in [0.15, 0.2) is 0 Å². The summed E-state index contributed by atoms with van der Waals surface area (Å²) in [5, 5.41) is 18.9. The Hall–Kier alpha value is -0.360. The van der Waals surface area contributed by atoms with E-state index in [0.717, 1.165) is 5.75 Å². The average molecular weight is 249 g/mol. The Balaban J connectivity index is 2.72. The van der Waals surface area contributed by atoms with Gasteiger partial charge in [-0.2, -0.15) is 0 Å². The zero-order valence-electron chi connectivity index (χ0n) is 8.35. The number of halogens is 1. The number of aromatic nitrogens is 2. The van der Waals surface area contributed by atoms with Gasteiger partial charge >= 0.3 is 0 Å². The molecule has 0 aliphatic rings. The second-order valence-corrected chi connectivity index (χ2v) is 4.57. The highest BCUT2D eigenvalue weighted by atomic mass is 35.5. The molecule has 0 spiro atoms. The van der Waals surface area contributed by atoms with Gasteiger partial charge < -0.3 is 10.2 Å². The maximum Gasteiger partial charge on any atom is 0.139 e. The molecule has 2 N–H and O–H groups in total. The minimum atomic E-state index is -0.171. The van der Waals surface area contributed by atoms with E-state index < -0.39 is 0 Å². The van der Waals surface area contributed by atoms with Crippen molar-refractivity contribution in [2.75, 3.05) is 12.4 Å². The molecule has 1 atom stereocenters. The first-order valence-corrected chi connectivity index (χ1v) is 5.89. The van der Waals surface area contributed by atoms with Crippen LogP contribution in [-0.4, -0.2) is 32.5 Å². The third-order valence-corrected chi connectivity index (χ3v) is 3.51. The van der Waals surface area contributed by atoms with Gasteiger partial charge in [0.2, 0.25) is 0 Å². The molecular formula is C9H13ClN2O2S. The van der Waals surface area contributed by atoms with Crippen LogP contribution in [0.4, 0.5) is 0 Å². The van der Waals surface area contributed by atoms with Gasteiger partial charge in [-0.3, -0.25) is 0 Å². The number of hydrogen-bond acceptors (Lipinski definition) is 5.